The van der Waals surface area contributed by atoms with Gasteiger partial charge in [-0.3, -0.25) is 4.79 Å². The number of hydrogen-bond acceptors (Lipinski definition) is 5. The summed E-state index contributed by atoms with van der Waals surface area (Å²) < 4.78 is 17.8. The molecule has 7 heteroatoms. The van der Waals surface area contributed by atoms with E-state index in [1.807, 2.05) is 31.2 Å². The summed E-state index contributed by atoms with van der Waals surface area (Å²) in [5.41, 5.74) is 2.36. The molecular weight excluding hydrogens is 358 g/mol. The van der Waals surface area contributed by atoms with Crippen LogP contribution in [0.1, 0.15) is 21.5 Å². The molecule has 0 bridgehead atoms. The Morgan fingerprint density at radius 1 is 1.04 bits per heavy atom. The molecule has 0 saturated carbocycles. The lowest BCUT2D eigenvalue weighted by molar-refractivity contribution is 0.102. The average molecular weight is 381 g/mol. The van der Waals surface area contributed by atoms with Crippen molar-refractivity contribution in [1.29, 1.82) is 0 Å². The maximum absolute atomic E-state index is 12.7. The summed E-state index contributed by atoms with van der Waals surface area (Å²) in [5, 5.41) is 7.22. The maximum atomic E-state index is 12.7. The van der Waals surface area contributed by atoms with Crippen molar-refractivity contribution in [3.63, 3.8) is 0 Å². The number of rotatable bonds is 7. The number of carbonyl (C=O) groups is 1. The SMILES string of the molecule is COc1cc(C(=O)Nc2ccnn2Cc2cccc(OC)c2OC)ccc1C. The van der Waals surface area contributed by atoms with Crippen molar-refractivity contribution in [3.8, 4) is 17.2 Å². The van der Waals surface area contributed by atoms with Crippen LogP contribution >= 0.6 is 0 Å². The summed E-state index contributed by atoms with van der Waals surface area (Å²) in [6.07, 6.45) is 1.64. The van der Waals surface area contributed by atoms with Crippen molar-refractivity contribution in [1.82, 2.24) is 9.78 Å². The number of methoxy groups -OCH3 is 3. The fourth-order valence-corrected chi connectivity index (χ4v) is 2.95. The van der Waals surface area contributed by atoms with Gasteiger partial charge in [0.25, 0.3) is 5.91 Å². The van der Waals surface area contributed by atoms with Gasteiger partial charge in [0.2, 0.25) is 0 Å². The first kappa shape index (κ1) is 19.3. The van der Waals surface area contributed by atoms with Crippen LogP contribution in [-0.2, 0) is 6.54 Å². The molecule has 0 aliphatic rings. The van der Waals surface area contributed by atoms with Crippen LogP contribution in [0.2, 0.25) is 0 Å². The summed E-state index contributed by atoms with van der Waals surface area (Å²) in [4.78, 5) is 12.7. The molecule has 0 atom stereocenters. The second-order valence-corrected chi connectivity index (χ2v) is 6.17. The predicted molar refractivity (Wildman–Crippen MR) is 107 cm³/mol. The summed E-state index contributed by atoms with van der Waals surface area (Å²) in [7, 11) is 4.77. The van der Waals surface area contributed by atoms with E-state index < -0.39 is 0 Å². The quantitative estimate of drug-likeness (QED) is 0.678. The van der Waals surface area contributed by atoms with Gasteiger partial charge < -0.3 is 19.5 Å². The number of amides is 1. The highest BCUT2D eigenvalue weighted by Crippen LogP contribution is 2.31. The third-order valence-corrected chi connectivity index (χ3v) is 4.43. The van der Waals surface area contributed by atoms with Crippen LogP contribution in [0.25, 0.3) is 0 Å². The Balaban J connectivity index is 1.82. The number of para-hydroxylation sites is 1. The van der Waals surface area contributed by atoms with E-state index in [-0.39, 0.29) is 5.91 Å². The summed E-state index contributed by atoms with van der Waals surface area (Å²) in [6, 6.07) is 12.7. The zero-order valence-electron chi connectivity index (χ0n) is 16.4. The molecule has 0 saturated heterocycles. The zero-order chi connectivity index (χ0) is 20.1. The van der Waals surface area contributed by atoms with Crippen LogP contribution in [0.15, 0.2) is 48.7 Å². The van der Waals surface area contributed by atoms with Crippen LogP contribution < -0.4 is 19.5 Å². The molecular formula is C21H23N3O4. The van der Waals surface area contributed by atoms with Crippen LogP contribution in [0.4, 0.5) is 5.82 Å². The first-order valence-corrected chi connectivity index (χ1v) is 8.75. The van der Waals surface area contributed by atoms with Crippen LogP contribution in [-0.4, -0.2) is 37.0 Å². The second kappa shape index (κ2) is 8.47. The molecule has 0 spiro atoms. The van der Waals surface area contributed by atoms with Crippen molar-refractivity contribution in [2.75, 3.05) is 26.6 Å². The number of ether oxygens (including phenoxy) is 3. The largest absolute Gasteiger partial charge is 0.496 e. The Bertz CT molecular complexity index is 982. The average Bonchev–Trinajstić information content (AvgIpc) is 3.14. The van der Waals surface area contributed by atoms with E-state index in [0.717, 1.165) is 11.1 Å². The van der Waals surface area contributed by atoms with Gasteiger partial charge in [-0.2, -0.15) is 5.10 Å². The molecule has 1 heterocycles. The number of aryl methyl sites for hydroxylation is 1. The van der Waals surface area contributed by atoms with Gasteiger partial charge in [-0.05, 0) is 30.7 Å². The predicted octanol–water partition coefficient (Wildman–Crippen LogP) is 3.52. The smallest absolute Gasteiger partial charge is 0.256 e. The van der Waals surface area contributed by atoms with Crippen molar-refractivity contribution in [2.24, 2.45) is 0 Å². The molecule has 0 unspecified atom stereocenters. The van der Waals surface area contributed by atoms with Crippen LogP contribution in [0, 0.1) is 6.92 Å². The molecule has 2 aromatic carbocycles. The van der Waals surface area contributed by atoms with E-state index in [1.165, 1.54) is 0 Å². The number of carbonyl (C=O) groups excluding carboxylic acids is 1. The summed E-state index contributed by atoms with van der Waals surface area (Å²) in [6.45, 7) is 2.34. The highest BCUT2D eigenvalue weighted by Gasteiger charge is 2.14. The van der Waals surface area contributed by atoms with E-state index in [4.69, 9.17) is 14.2 Å². The van der Waals surface area contributed by atoms with Gasteiger partial charge in [-0.25, -0.2) is 4.68 Å². The Labute approximate surface area is 163 Å². The number of nitrogens with zero attached hydrogens (tertiary/aromatic N) is 2. The van der Waals surface area contributed by atoms with Crippen LogP contribution in [0.5, 0.6) is 17.2 Å². The molecule has 28 heavy (non-hydrogen) atoms. The minimum Gasteiger partial charge on any atom is -0.496 e. The van der Waals surface area contributed by atoms with Crippen molar-refractivity contribution < 1.29 is 19.0 Å². The summed E-state index contributed by atoms with van der Waals surface area (Å²) in [5.74, 6) is 2.29. The topological polar surface area (TPSA) is 74.6 Å². The fraction of sp³-hybridized carbons (Fsp3) is 0.238. The Morgan fingerprint density at radius 2 is 1.82 bits per heavy atom. The summed E-state index contributed by atoms with van der Waals surface area (Å²) >= 11 is 0. The lowest BCUT2D eigenvalue weighted by atomic mass is 10.1. The molecule has 3 aromatic rings. The molecule has 0 radical (unpaired) electrons. The van der Waals surface area contributed by atoms with E-state index in [1.54, 1.807) is 50.4 Å². The molecule has 7 nitrogen and oxygen atoms in total. The minimum atomic E-state index is -0.238. The van der Waals surface area contributed by atoms with Gasteiger partial charge in [0.1, 0.15) is 11.6 Å². The Morgan fingerprint density at radius 3 is 2.54 bits per heavy atom. The zero-order valence-corrected chi connectivity index (χ0v) is 16.4. The second-order valence-electron chi connectivity index (χ2n) is 6.17. The van der Waals surface area contributed by atoms with Gasteiger partial charge in [0, 0.05) is 17.2 Å². The van der Waals surface area contributed by atoms with Gasteiger partial charge in [0.15, 0.2) is 11.5 Å². The molecule has 1 amide bonds. The monoisotopic (exact) mass is 381 g/mol. The molecule has 0 fully saturated rings. The van der Waals surface area contributed by atoms with Crippen molar-refractivity contribution in [2.45, 2.75) is 13.5 Å². The fourth-order valence-electron chi connectivity index (χ4n) is 2.95. The molecule has 3 rings (SSSR count). The van der Waals surface area contributed by atoms with Gasteiger partial charge in [0.05, 0.1) is 34.1 Å². The van der Waals surface area contributed by atoms with Crippen molar-refractivity contribution in [3.05, 3.63) is 65.4 Å². The van der Waals surface area contributed by atoms with E-state index in [0.29, 0.717) is 35.2 Å². The third-order valence-electron chi connectivity index (χ3n) is 4.43. The number of hydrogen-bond donors (Lipinski definition) is 1. The molecule has 146 valence electrons. The molecule has 0 aliphatic carbocycles. The first-order valence-electron chi connectivity index (χ1n) is 8.75. The van der Waals surface area contributed by atoms with E-state index >= 15 is 0 Å². The van der Waals surface area contributed by atoms with Gasteiger partial charge >= 0.3 is 0 Å². The number of nitrogens with one attached hydrogen (secondary N) is 1. The molecule has 1 aromatic heterocycles. The van der Waals surface area contributed by atoms with E-state index in [2.05, 4.69) is 10.4 Å². The number of aromatic nitrogens is 2. The first-order chi connectivity index (χ1) is 13.6. The Hall–Kier alpha value is -3.48. The minimum absolute atomic E-state index is 0.238. The third kappa shape index (κ3) is 3.93. The number of benzene rings is 2. The van der Waals surface area contributed by atoms with Crippen LogP contribution in [0.3, 0.4) is 0 Å². The molecule has 1 N–H and O–H groups in total. The normalized spacial score (nSPS) is 10.4. The standard InChI is InChI=1S/C21H23N3O4/c1-14-8-9-15(12-18(14)27-3)21(25)23-19-10-11-22-24(19)13-16-6-5-7-17(26-2)20(16)28-4/h5-12H,13H2,1-4H3,(H,23,25). The highest BCUT2D eigenvalue weighted by atomic mass is 16.5. The Kier molecular flexibility index (Phi) is 5.84. The molecule has 0 aliphatic heterocycles. The van der Waals surface area contributed by atoms with E-state index in [9.17, 15) is 4.79 Å². The van der Waals surface area contributed by atoms with Gasteiger partial charge in [-0.15, -0.1) is 0 Å². The lowest BCUT2D eigenvalue weighted by Crippen LogP contribution is -2.16. The maximum Gasteiger partial charge on any atom is 0.256 e. The lowest BCUT2D eigenvalue weighted by Gasteiger charge is -2.14. The highest BCUT2D eigenvalue weighted by molar-refractivity contribution is 6.04. The van der Waals surface area contributed by atoms with Gasteiger partial charge in [-0.1, -0.05) is 18.2 Å². The van der Waals surface area contributed by atoms with Crippen molar-refractivity contribution >= 4 is 11.7 Å². The number of anilines is 1.